The number of piperidine rings is 1. The zero-order valence-corrected chi connectivity index (χ0v) is 18.9. The van der Waals surface area contributed by atoms with Crippen LogP contribution in [0.2, 0.25) is 0 Å². The molecule has 170 valence electrons. The first kappa shape index (κ1) is 21.5. The molecule has 2 aromatic heterocycles. The van der Waals surface area contributed by atoms with Crippen molar-refractivity contribution in [2.75, 3.05) is 24.5 Å². The van der Waals surface area contributed by atoms with Crippen molar-refractivity contribution in [2.24, 2.45) is 0 Å². The molecule has 0 aliphatic carbocycles. The third kappa shape index (κ3) is 4.58. The first-order valence-corrected chi connectivity index (χ1v) is 11.7. The van der Waals surface area contributed by atoms with Crippen LogP contribution in [0, 0.1) is 12.7 Å². The third-order valence-corrected chi connectivity index (χ3v) is 6.68. The van der Waals surface area contributed by atoms with E-state index in [0.29, 0.717) is 25.3 Å². The molecule has 0 saturated carbocycles. The largest absolute Gasteiger partial charge is 0.352 e. The van der Waals surface area contributed by atoms with Gasteiger partial charge in [-0.25, -0.2) is 14.4 Å². The fraction of sp³-hybridized carbons (Fsp3) is 0.385. The Hall–Kier alpha value is -3.35. The van der Waals surface area contributed by atoms with Gasteiger partial charge in [0.25, 0.3) is 5.91 Å². The van der Waals surface area contributed by atoms with E-state index in [9.17, 15) is 9.18 Å². The molecule has 7 heteroatoms. The molecule has 1 saturated heterocycles. The summed E-state index contributed by atoms with van der Waals surface area (Å²) in [6.07, 6.45) is 5.38. The number of amides is 1. The van der Waals surface area contributed by atoms with Crippen molar-refractivity contribution >= 4 is 11.7 Å². The van der Waals surface area contributed by atoms with Gasteiger partial charge in [-0.3, -0.25) is 9.78 Å². The highest BCUT2D eigenvalue weighted by Crippen LogP contribution is 2.33. The number of rotatable bonds is 4. The molecule has 0 unspecified atom stereocenters. The van der Waals surface area contributed by atoms with Crippen LogP contribution in [0.25, 0.3) is 0 Å². The van der Waals surface area contributed by atoms with Gasteiger partial charge in [-0.05, 0) is 62.4 Å². The number of aromatic nitrogens is 3. The van der Waals surface area contributed by atoms with Gasteiger partial charge >= 0.3 is 0 Å². The summed E-state index contributed by atoms with van der Waals surface area (Å²) in [5, 5.41) is 0. The van der Waals surface area contributed by atoms with Gasteiger partial charge in [-0.15, -0.1) is 0 Å². The highest BCUT2D eigenvalue weighted by Gasteiger charge is 2.29. The maximum Gasteiger partial charge on any atom is 0.272 e. The number of benzene rings is 1. The summed E-state index contributed by atoms with van der Waals surface area (Å²) in [5.74, 6) is 1.90. The number of nitrogens with zero attached hydrogens (tertiary/aromatic N) is 5. The Labute approximate surface area is 193 Å². The van der Waals surface area contributed by atoms with Crippen molar-refractivity contribution < 1.29 is 9.18 Å². The number of aryl methyl sites for hydroxylation is 1. The smallest absolute Gasteiger partial charge is 0.272 e. The van der Waals surface area contributed by atoms with Gasteiger partial charge in [0.1, 0.15) is 23.2 Å². The molecular formula is C26H28FN5O. The van der Waals surface area contributed by atoms with Crippen molar-refractivity contribution in [2.45, 2.75) is 45.1 Å². The van der Waals surface area contributed by atoms with Gasteiger partial charge in [-0.1, -0.05) is 18.2 Å². The van der Waals surface area contributed by atoms with E-state index in [0.717, 1.165) is 55.1 Å². The SMILES string of the molecule is Cc1nc(C2CCN(C(=O)c3ccccn3)CC2)nc2c1CCCN2Cc1ccc(F)cc1. The van der Waals surface area contributed by atoms with Crippen molar-refractivity contribution in [1.82, 2.24) is 19.9 Å². The van der Waals surface area contributed by atoms with Crippen LogP contribution in [-0.2, 0) is 13.0 Å². The van der Waals surface area contributed by atoms with Crippen molar-refractivity contribution in [3.05, 3.63) is 82.8 Å². The topological polar surface area (TPSA) is 62.2 Å². The summed E-state index contributed by atoms with van der Waals surface area (Å²) in [4.78, 5) is 31.0. The zero-order valence-electron chi connectivity index (χ0n) is 18.9. The molecule has 6 nitrogen and oxygen atoms in total. The van der Waals surface area contributed by atoms with Gasteiger partial charge in [0.15, 0.2) is 0 Å². The lowest BCUT2D eigenvalue weighted by Gasteiger charge is -2.34. The number of hydrogen-bond donors (Lipinski definition) is 0. The molecular weight excluding hydrogens is 417 g/mol. The Morgan fingerprint density at radius 3 is 2.58 bits per heavy atom. The normalized spacial score (nSPS) is 16.5. The number of carbonyl (C=O) groups excluding carboxylic acids is 1. The van der Waals surface area contributed by atoms with Crippen LogP contribution in [0.15, 0.2) is 48.7 Å². The molecule has 1 fully saturated rings. The van der Waals surface area contributed by atoms with Crippen molar-refractivity contribution in [1.29, 1.82) is 0 Å². The van der Waals surface area contributed by atoms with E-state index in [1.54, 1.807) is 12.3 Å². The van der Waals surface area contributed by atoms with Gasteiger partial charge in [-0.2, -0.15) is 0 Å². The molecule has 0 atom stereocenters. The quantitative estimate of drug-likeness (QED) is 0.600. The molecule has 5 rings (SSSR count). The molecule has 1 aromatic carbocycles. The second-order valence-corrected chi connectivity index (χ2v) is 8.90. The van der Waals surface area contributed by atoms with E-state index in [2.05, 4.69) is 16.8 Å². The van der Waals surface area contributed by atoms with Crippen LogP contribution >= 0.6 is 0 Å². The Morgan fingerprint density at radius 2 is 1.85 bits per heavy atom. The third-order valence-electron chi connectivity index (χ3n) is 6.68. The Balaban J connectivity index is 1.32. The van der Waals surface area contributed by atoms with E-state index in [1.165, 1.54) is 17.7 Å². The fourth-order valence-corrected chi connectivity index (χ4v) is 4.85. The van der Waals surface area contributed by atoms with Crippen LogP contribution in [0.3, 0.4) is 0 Å². The standard InChI is InChI=1S/C26H28FN5O/c1-18-22-5-4-14-32(17-19-7-9-21(27)10-8-19)25(22)30-24(29-18)20-11-15-31(16-12-20)26(33)23-6-2-3-13-28-23/h2-3,6-10,13,20H,4-5,11-12,14-17H2,1H3. The van der Waals surface area contributed by atoms with Gasteiger partial charge < -0.3 is 9.80 Å². The lowest BCUT2D eigenvalue weighted by molar-refractivity contribution is 0.0705. The Morgan fingerprint density at radius 1 is 1.06 bits per heavy atom. The van der Waals surface area contributed by atoms with E-state index in [-0.39, 0.29) is 17.6 Å². The number of pyridine rings is 1. The Bertz CT molecular complexity index is 1130. The van der Waals surface area contributed by atoms with Crippen LogP contribution in [0.1, 0.15) is 58.3 Å². The van der Waals surface area contributed by atoms with Gasteiger partial charge in [0.2, 0.25) is 0 Å². The van der Waals surface area contributed by atoms with E-state index in [1.807, 2.05) is 29.2 Å². The second kappa shape index (κ2) is 9.25. The first-order valence-electron chi connectivity index (χ1n) is 11.7. The minimum atomic E-state index is -0.217. The molecule has 0 N–H and O–H groups in total. The van der Waals surface area contributed by atoms with Crippen molar-refractivity contribution in [3.63, 3.8) is 0 Å². The van der Waals surface area contributed by atoms with E-state index >= 15 is 0 Å². The summed E-state index contributed by atoms with van der Waals surface area (Å²) in [5.41, 5.74) is 3.83. The monoisotopic (exact) mass is 445 g/mol. The second-order valence-electron chi connectivity index (χ2n) is 8.90. The number of likely N-dealkylation sites (tertiary alicyclic amines) is 1. The highest BCUT2D eigenvalue weighted by atomic mass is 19.1. The van der Waals surface area contributed by atoms with Crippen LogP contribution in [-0.4, -0.2) is 45.4 Å². The minimum absolute atomic E-state index is 0.0120. The fourth-order valence-electron chi connectivity index (χ4n) is 4.85. The molecule has 2 aliphatic rings. The lowest BCUT2D eigenvalue weighted by atomic mass is 9.94. The average molecular weight is 446 g/mol. The number of anilines is 1. The molecule has 0 radical (unpaired) electrons. The number of hydrogen-bond acceptors (Lipinski definition) is 5. The summed E-state index contributed by atoms with van der Waals surface area (Å²) in [6.45, 7) is 5.07. The maximum atomic E-state index is 13.3. The predicted octanol–water partition coefficient (Wildman–Crippen LogP) is 4.29. The van der Waals surface area contributed by atoms with Gasteiger partial charge in [0.05, 0.1) is 0 Å². The highest BCUT2D eigenvalue weighted by molar-refractivity contribution is 5.92. The molecule has 1 amide bonds. The number of fused-ring (bicyclic) bond motifs is 1. The Kier molecular flexibility index (Phi) is 6.03. The molecule has 2 aliphatic heterocycles. The maximum absolute atomic E-state index is 13.3. The zero-order chi connectivity index (χ0) is 22.8. The average Bonchev–Trinajstić information content (AvgIpc) is 2.86. The van der Waals surface area contributed by atoms with E-state index in [4.69, 9.17) is 9.97 Å². The van der Waals surface area contributed by atoms with Gasteiger partial charge in [0, 0.05) is 49.6 Å². The van der Waals surface area contributed by atoms with Crippen LogP contribution < -0.4 is 4.90 Å². The summed E-state index contributed by atoms with van der Waals surface area (Å²) in [7, 11) is 0. The molecule has 33 heavy (non-hydrogen) atoms. The lowest BCUT2D eigenvalue weighted by Crippen LogP contribution is -2.39. The van der Waals surface area contributed by atoms with Crippen LogP contribution in [0.4, 0.5) is 10.2 Å². The van der Waals surface area contributed by atoms with Crippen molar-refractivity contribution in [3.8, 4) is 0 Å². The van der Waals surface area contributed by atoms with Crippen LogP contribution in [0.5, 0.6) is 0 Å². The molecule has 0 bridgehead atoms. The molecule has 0 spiro atoms. The summed E-state index contributed by atoms with van der Waals surface area (Å²) >= 11 is 0. The number of carbonyl (C=O) groups is 1. The van der Waals surface area contributed by atoms with E-state index < -0.39 is 0 Å². The molecule has 3 aromatic rings. The first-order chi connectivity index (χ1) is 16.1. The minimum Gasteiger partial charge on any atom is -0.352 e. The summed E-state index contributed by atoms with van der Waals surface area (Å²) in [6, 6.07) is 12.1. The predicted molar refractivity (Wildman–Crippen MR) is 125 cm³/mol. The number of halogens is 1. The summed E-state index contributed by atoms with van der Waals surface area (Å²) < 4.78 is 13.3. The molecule has 4 heterocycles.